The highest BCUT2D eigenvalue weighted by Crippen LogP contribution is 2.27. The second-order valence-electron chi connectivity index (χ2n) is 5.55. The van der Waals surface area contributed by atoms with Crippen LogP contribution in [0, 0.1) is 30.9 Å². The fraction of sp³-hybridized carbons (Fsp3) is 0.278. The topological polar surface area (TPSA) is 74.4 Å². The van der Waals surface area contributed by atoms with Gasteiger partial charge in [-0.1, -0.05) is 12.1 Å². The maximum atomic E-state index is 12.4. The number of nitro benzene ring substituents is 1. The van der Waals surface area contributed by atoms with Crippen molar-refractivity contribution in [3.05, 3.63) is 69.5 Å². The summed E-state index contributed by atoms with van der Waals surface area (Å²) < 4.78 is 7.52. The van der Waals surface area contributed by atoms with E-state index in [1.54, 1.807) is 25.1 Å². The molecule has 0 atom stereocenters. The number of hydrogen-bond donors (Lipinski definition) is 0. The Morgan fingerprint density at radius 2 is 2.08 bits per heavy atom. The third kappa shape index (κ3) is 3.37. The second kappa shape index (κ2) is 7.12. The molecule has 0 N–H and O–H groups in total. The van der Waals surface area contributed by atoms with E-state index in [-0.39, 0.29) is 18.1 Å². The van der Waals surface area contributed by atoms with Crippen LogP contribution < -0.4 is 4.74 Å². The molecule has 0 aliphatic heterocycles. The quantitative estimate of drug-likeness (QED) is 0.335. The Bertz CT molecular complexity index is 806. The molecule has 0 amide bonds. The molecule has 0 radical (unpaired) electrons. The van der Waals surface area contributed by atoms with Gasteiger partial charge in [0.2, 0.25) is 5.78 Å². The van der Waals surface area contributed by atoms with Gasteiger partial charge in [-0.15, -0.1) is 6.58 Å². The molecule has 0 bridgehead atoms. The maximum absolute atomic E-state index is 12.4. The van der Waals surface area contributed by atoms with E-state index < -0.39 is 4.92 Å². The molecule has 24 heavy (non-hydrogen) atoms. The van der Waals surface area contributed by atoms with E-state index in [9.17, 15) is 14.9 Å². The summed E-state index contributed by atoms with van der Waals surface area (Å²) in [6, 6.07) is 6.40. The first-order valence-electron chi connectivity index (χ1n) is 7.54. The molecule has 0 spiro atoms. The minimum absolute atomic E-state index is 0.0240. The van der Waals surface area contributed by atoms with Crippen LogP contribution >= 0.6 is 0 Å². The SMILES string of the molecule is C=CCn1c(C)cc(C(=O)COc2cccc([N+](=O)[O-])c2C)c1C. The first-order valence-corrected chi connectivity index (χ1v) is 7.54. The van der Waals surface area contributed by atoms with E-state index in [0.717, 1.165) is 11.4 Å². The van der Waals surface area contributed by atoms with Gasteiger partial charge in [0.15, 0.2) is 6.61 Å². The van der Waals surface area contributed by atoms with E-state index in [4.69, 9.17) is 4.74 Å². The minimum atomic E-state index is -0.465. The van der Waals surface area contributed by atoms with Crippen molar-refractivity contribution in [2.75, 3.05) is 6.61 Å². The van der Waals surface area contributed by atoms with Gasteiger partial charge in [0.25, 0.3) is 5.69 Å². The highest BCUT2D eigenvalue weighted by molar-refractivity contribution is 5.98. The van der Waals surface area contributed by atoms with Crippen molar-refractivity contribution in [1.29, 1.82) is 0 Å². The largest absolute Gasteiger partial charge is 0.485 e. The summed E-state index contributed by atoms with van der Waals surface area (Å²) in [6.07, 6.45) is 1.78. The Labute approximate surface area is 140 Å². The molecule has 1 aromatic carbocycles. The zero-order valence-electron chi connectivity index (χ0n) is 14.0. The first-order chi connectivity index (χ1) is 11.4. The number of aromatic nitrogens is 1. The van der Waals surface area contributed by atoms with E-state index in [1.165, 1.54) is 6.07 Å². The molecule has 1 aromatic heterocycles. The van der Waals surface area contributed by atoms with E-state index in [1.807, 2.05) is 24.5 Å². The standard InChI is InChI=1S/C18H20N2O4/c1-5-9-19-12(2)10-15(14(19)4)17(21)11-24-18-8-6-7-16(13(18)3)20(22)23/h5-8,10H,1,9,11H2,2-4H3. The molecular formula is C18H20N2O4. The molecule has 2 aromatic rings. The van der Waals surface area contributed by atoms with Gasteiger partial charge < -0.3 is 9.30 Å². The fourth-order valence-electron chi connectivity index (χ4n) is 2.67. The van der Waals surface area contributed by atoms with Crippen LogP contribution in [0.5, 0.6) is 5.75 Å². The number of aryl methyl sites for hydroxylation is 1. The van der Waals surface area contributed by atoms with E-state index in [2.05, 4.69) is 6.58 Å². The summed E-state index contributed by atoms with van der Waals surface area (Å²) in [5, 5.41) is 11.0. The summed E-state index contributed by atoms with van der Waals surface area (Å²) in [7, 11) is 0. The molecule has 0 unspecified atom stereocenters. The predicted molar refractivity (Wildman–Crippen MR) is 91.8 cm³/mol. The zero-order valence-corrected chi connectivity index (χ0v) is 14.0. The molecule has 2 rings (SSSR count). The molecule has 0 saturated heterocycles. The summed E-state index contributed by atoms with van der Waals surface area (Å²) in [6.45, 7) is 9.60. The van der Waals surface area contributed by atoms with Gasteiger partial charge in [-0.25, -0.2) is 0 Å². The van der Waals surface area contributed by atoms with Gasteiger partial charge in [0.05, 0.1) is 10.5 Å². The zero-order chi connectivity index (χ0) is 17.9. The van der Waals surface area contributed by atoms with Gasteiger partial charge in [-0.3, -0.25) is 14.9 Å². The molecule has 6 heteroatoms. The molecule has 126 valence electrons. The van der Waals surface area contributed by atoms with Gasteiger partial charge in [0, 0.05) is 29.6 Å². The molecule has 0 fully saturated rings. The van der Waals surface area contributed by atoms with Crippen molar-refractivity contribution >= 4 is 11.5 Å². The van der Waals surface area contributed by atoms with E-state index >= 15 is 0 Å². The fourth-order valence-corrected chi connectivity index (χ4v) is 2.67. The molecule has 0 aliphatic carbocycles. The first kappa shape index (κ1) is 17.5. The lowest BCUT2D eigenvalue weighted by Crippen LogP contribution is -2.13. The lowest BCUT2D eigenvalue weighted by molar-refractivity contribution is -0.385. The number of hydrogen-bond acceptors (Lipinski definition) is 4. The van der Waals surface area contributed by atoms with Gasteiger partial charge in [-0.05, 0) is 32.9 Å². The number of nitrogens with zero attached hydrogens (tertiary/aromatic N) is 2. The number of Topliss-reactive ketones (excluding diaryl/α,β-unsaturated/α-hetero) is 1. The molecular weight excluding hydrogens is 308 g/mol. The van der Waals surface area contributed by atoms with Gasteiger partial charge in [0.1, 0.15) is 5.75 Å². The van der Waals surface area contributed by atoms with Crippen molar-refractivity contribution in [1.82, 2.24) is 4.57 Å². The summed E-state index contributed by atoms with van der Waals surface area (Å²) >= 11 is 0. The van der Waals surface area contributed by atoms with Crippen LogP contribution in [0.2, 0.25) is 0 Å². The molecule has 0 aliphatic rings. The average Bonchev–Trinajstić information content (AvgIpc) is 2.82. The summed E-state index contributed by atoms with van der Waals surface area (Å²) in [4.78, 5) is 22.9. The molecule has 1 heterocycles. The number of ether oxygens (including phenoxy) is 1. The van der Waals surface area contributed by atoms with Crippen LogP contribution in [0.1, 0.15) is 27.3 Å². The van der Waals surface area contributed by atoms with Crippen molar-refractivity contribution in [2.45, 2.75) is 27.3 Å². The summed E-state index contributed by atoms with van der Waals surface area (Å²) in [5.74, 6) is 0.182. The average molecular weight is 328 g/mol. The van der Waals surface area contributed by atoms with Gasteiger partial charge in [-0.2, -0.15) is 0 Å². The normalized spacial score (nSPS) is 10.5. The number of benzene rings is 1. The Balaban J connectivity index is 2.17. The highest BCUT2D eigenvalue weighted by atomic mass is 16.6. The van der Waals surface area contributed by atoms with Crippen LogP contribution in [-0.4, -0.2) is 21.9 Å². The number of nitro groups is 1. The Kier molecular flexibility index (Phi) is 5.18. The number of ketones is 1. The van der Waals surface area contributed by atoms with Crippen LogP contribution in [0.3, 0.4) is 0 Å². The van der Waals surface area contributed by atoms with Crippen molar-refractivity contribution in [2.24, 2.45) is 0 Å². The van der Waals surface area contributed by atoms with Crippen LogP contribution in [0.15, 0.2) is 36.9 Å². The van der Waals surface area contributed by atoms with Crippen LogP contribution in [0.4, 0.5) is 5.69 Å². The van der Waals surface area contributed by atoms with Crippen LogP contribution in [0.25, 0.3) is 0 Å². The minimum Gasteiger partial charge on any atom is -0.485 e. The lowest BCUT2D eigenvalue weighted by atomic mass is 10.1. The third-order valence-corrected chi connectivity index (χ3v) is 4.00. The van der Waals surface area contributed by atoms with Crippen molar-refractivity contribution in [3.63, 3.8) is 0 Å². The summed E-state index contributed by atoms with van der Waals surface area (Å²) in [5.41, 5.74) is 2.81. The number of carbonyl (C=O) groups is 1. The Hall–Kier alpha value is -2.89. The number of rotatable bonds is 7. The monoisotopic (exact) mass is 328 g/mol. The Morgan fingerprint density at radius 3 is 2.71 bits per heavy atom. The number of carbonyl (C=O) groups excluding carboxylic acids is 1. The van der Waals surface area contributed by atoms with Crippen molar-refractivity contribution < 1.29 is 14.5 Å². The Morgan fingerprint density at radius 1 is 1.38 bits per heavy atom. The third-order valence-electron chi connectivity index (χ3n) is 4.00. The number of allylic oxidation sites excluding steroid dienone is 1. The van der Waals surface area contributed by atoms with E-state index in [0.29, 0.717) is 23.4 Å². The van der Waals surface area contributed by atoms with Crippen LogP contribution in [-0.2, 0) is 6.54 Å². The maximum Gasteiger partial charge on any atom is 0.276 e. The predicted octanol–water partition coefficient (Wildman–Crippen LogP) is 3.77. The highest BCUT2D eigenvalue weighted by Gasteiger charge is 2.18. The lowest BCUT2D eigenvalue weighted by Gasteiger charge is -2.09. The second-order valence-corrected chi connectivity index (χ2v) is 5.55. The van der Waals surface area contributed by atoms with Gasteiger partial charge >= 0.3 is 0 Å². The smallest absolute Gasteiger partial charge is 0.276 e. The molecule has 6 nitrogen and oxygen atoms in total. The molecule has 0 saturated carbocycles. The van der Waals surface area contributed by atoms with Crippen molar-refractivity contribution in [3.8, 4) is 5.75 Å².